The van der Waals surface area contributed by atoms with Gasteiger partial charge in [0, 0.05) is 19.0 Å². The first-order valence-corrected chi connectivity index (χ1v) is 6.89. The van der Waals surface area contributed by atoms with Crippen molar-refractivity contribution in [2.75, 3.05) is 6.61 Å². The molecule has 0 fully saturated rings. The SMILES string of the molecule is CCO[C@@H](c1ncc(C)cn1)C(C)S(N)(=O)=O. The molecule has 0 aromatic carbocycles. The van der Waals surface area contributed by atoms with Crippen LogP contribution in [0.3, 0.4) is 0 Å². The van der Waals surface area contributed by atoms with Gasteiger partial charge in [0.05, 0.1) is 0 Å². The maximum Gasteiger partial charge on any atom is 0.214 e. The van der Waals surface area contributed by atoms with E-state index in [-0.39, 0.29) is 0 Å². The van der Waals surface area contributed by atoms with E-state index >= 15 is 0 Å². The third-order valence-corrected chi connectivity index (χ3v) is 3.63. The van der Waals surface area contributed by atoms with Crippen LogP contribution in [-0.2, 0) is 14.8 Å². The number of hydrogen-bond acceptors (Lipinski definition) is 5. The topological polar surface area (TPSA) is 95.2 Å². The summed E-state index contributed by atoms with van der Waals surface area (Å²) in [5.74, 6) is 0.332. The van der Waals surface area contributed by atoms with Gasteiger partial charge >= 0.3 is 0 Å². The molecule has 1 aromatic rings. The van der Waals surface area contributed by atoms with Gasteiger partial charge in [-0.15, -0.1) is 0 Å². The van der Waals surface area contributed by atoms with E-state index < -0.39 is 21.4 Å². The van der Waals surface area contributed by atoms with Gasteiger partial charge in [-0.3, -0.25) is 0 Å². The normalized spacial score (nSPS) is 15.5. The highest BCUT2D eigenvalue weighted by molar-refractivity contribution is 7.89. The zero-order chi connectivity index (χ0) is 13.1. The number of sulfonamides is 1. The maximum atomic E-state index is 11.3. The molecular formula is C10H17N3O3S. The van der Waals surface area contributed by atoms with Gasteiger partial charge in [-0.2, -0.15) is 0 Å². The fraction of sp³-hybridized carbons (Fsp3) is 0.600. The van der Waals surface area contributed by atoms with Crippen LogP contribution in [0.25, 0.3) is 0 Å². The summed E-state index contributed by atoms with van der Waals surface area (Å²) in [5, 5.41) is 4.23. The van der Waals surface area contributed by atoms with Crippen LogP contribution in [0.1, 0.15) is 31.3 Å². The largest absolute Gasteiger partial charge is 0.369 e. The molecule has 0 bridgehead atoms. The molecule has 0 aliphatic heterocycles. The number of aromatic nitrogens is 2. The number of hydrogen-bond donors (Lipinski definition) is 1. The van der Waals surface area contributed by atoms with Gasteiger partial charge < -0.3 is 4.74 Å². The third-order valence-electron chi connectivity index (χ3n) is 2.35. The molecule has 96 valence electrons. The predicted molar refractivity (Wildman–Crippen MR) is 63.7 cm³/mol. The van der Waals surface area contributed by atoms with E-state index in [1.54, 1.807) is 19.3 Å². The van der Waals surface area contributed by atoms with Crippen LogP contribution < -0.4 is 5.14 Å². The van der Waals surface area contributed by atoms with Crippen molar-refractivity contribution in [2.45, 2.75) is 32.1 Å². The molecule has 6 nitrogen and oxygen atoms in total. The van der Waals surface area contributed by atoms with Gasteiger partial charge in [-0.25, -0.2) is 23.5 Å². The lowest BCUT2D eigenvalue weighted by Gasteiger charge is -2.20. The number of nitrogens with two attached hydrogens (primary N) is 1. The van der Waals surface area contributed by atoms with Crippen molar-refractivity contribution >= 4 is 10.0 Å². The molecule has 0 spiro atoms. The highest BCUT2D eigenvalue weighted by Gasteiger charge is 2.30. The number of rotatable bonds is 5. The molecule has 0 saturated carbocycles. The van der Waals surface area contributed by atoms with Gasteiger partial charge in [0.25, 0.3) is 0 Å². The Bertz CT molecular complexity index is 458. The van der Waals surface area contributed by atoms with E-state index in [4.69, 9.17) is 9.88 Å². The Hall–Kier alpha value is -1.05. The summed E-state index contributed by atoms with van der Waals surface area (Å²) in [4.78, 5) is 8.15. The molecule has 0 aliphatic carbocycles. The second-order valence-corrected chi connectivity index (χ2v) is 5.71. The second-order valence-electron chi connectivity index (χ2n) is 3.79. The Morgan fingerprint density at radius 1 is 1.41 bits per heavy atom. The van der Waals surface area contributed by atoms with E-state index in [1.165, 1.54) is 6.92 Å². The lowest BCUT2D eigenvalue weighted by atomic mass is 10.2. The zero-order valence-corrected chi connectivity index (χ0v) is 10.9. The minimum atomic E-state index is -3.69. The maximum absolute atomic E-state index is 11.3. The zero-order valence-electron chi connectivity index (χ0n) is 10.1. The Balaban J connectivity index is 3.05. The van der Waals surface area contributed by atoms with Gasteiger partial charge in [0.15, 0.2) is 5.82 Å². The van der Waals surface area contributed by atoms with Crippen LogP contribution in [0.15, 0.2) is 12.4 Å². The van der Waals surface area contributed by atoms with E-state index in [0.717, 1.165) is 5.56 Å². The number of nitrogens with zero attached hydrogens (tertiary/aromatic N) is 2. The minimum absolute atomic E-state index is 0.332. The molecule has 0 aliphatic rings. The van der Waals surface area contributed by atoms with Gasteiger partial charge in [0.1, 0.15) is 11.4 Å². The molecule has 1 unspecified atom stereocenters. The Morgan fingerprint density at radius 2 is 1.94 bits per heavy atom. The standard InChI is InChI=1S/C10H17N3O3S/c1-4-16-9(8(3)17(11,14)15)10-12-5-7(2)6-13-10/h5-6,8-9H,4H2,1-3H3,(H2,11,14,15)/t8?,9-/m1/s1. The van der Waals surface area contributed by atoms with E-state index in [0.29, 0.717) is 12.4 Å². The molecule has 1 heterocycles. The Kier molecular flexibility index (Phi) is 4.55. The van der Waals surface area contributed by atoms with Crippen molar-refractivity contribution < 1.29 is 13.2 Å². The van der Waals surface area contributed by atoms with E-state index in [2.05, 4.69) is 9.97 Å². The second kappa shape index (κ2) is 5.52. The first-order valence-electron chi connectivity index (χ1n) is 5.28. The van der Waals surface area contributed by atoms with Gasteiger partial charge in [-0.05, 0) is 26.3 Å². The quantitative estimate of drug-likeness (QED) is 0.832. The molecular weight excluding hydrogens is 242 g/mol. The molecule has 0 amide bonds. The smallest absolute Gasteiger partial charge is 0.214 e. The Morgan fingerprint density at radius 3 is 2.35 bits per heavy atom. The number of aryl methyl sites for hydroxylation is 1. The van der Waals surface area contributed by atoms with Crippen LogP contribution in [0.2, 0.25) is 0 Å². The summed E-state index contributed by atoms with van der Waals surface area (Å²) in [6.45, 7) is 5.47. The lowest BCUT2D eigenvalue weighted by molar-refractivity contribution is 0.0556. The fourth-order valence-corrected chi connectivity index (χ4v) is 1.87. The van der Waals surface area contributed by atoms with Gasteiger partial charge in [-0.1, -0.05) is 0 Å². The van der Waals surface area contributed by atoms with Crippen molar-refractivity contribution in [3.63, 3.8) is 0 Å². The minimum Gasteiger partial charge on any atom is -0.369 e. The molecule has 0 saturated heterocycles. The molecule has 17 heavy (non-hydrogen) atoms. The molecule has 0 radical (unpaired) electrons. The summed E-state index contributed by atoms with van der Waals surface area (Å²) >= 11 is 0. The number of ether oxygens (including phenoxy) is 1. The van der Waals surface area contributed by atoms with Crippen LogP contribution in [0, 0.1) is 6.92 Å². The average Bonchev–Trinajstić information content (AvgIpc) is 2.25. The highest BCUT2D eigenvalue weighted by atomic mass is 32.2. The fourth-order valence-electron chi connectivity index (χ4n) is 1.32. The van der Waals surface area contributed by atoms with Crippen molar-refractivity contribution in [1.82, 2.24) is 9.97 Å². The molecule has 2 atom stereocenters. The average molecular weight is 259 g/mol. The van der Waals surface area contributed by atoms with Crippen molar-refractivity contribution in [3.05, 3.63) is 23.8 Å². The summed E-state index contributed by atoms with van der Waals surface area (Å²) in [6.07, 6.45) is 2.49. The van der Waals surface area contributed by atoms with Crippen LogP contribution >= 0.6 is 0 Å². The molecule has 1 rings (SSSR count). The first kappa shape index (κ1) is 14.0. The highest BCUT2D eigenvalue weighted by Crippen LogP contribution is 2.21. The van der Waals surface area contributed by atoms with Crippen LogP contribution in [-0.4, -0.2) is 30.2 Å². The van der Waals surface area contributed by atoms with Crippen LogP contribution in [0.5, 0.6) is 0 Å². The van der Waals surface area contributed by atoms with E-state index in [1.807, 2.05) is 6.92 Å². The monoisotopic (exact) mass is 259 g/mol. The molecule has 7 heteroatoms. The van der Waals surface area contributed by atoms with Crippen molar-refractivity contribution in [2.24, 2.45) is 5.14 Å². The third kappa shape index (κ3) is 3.72. The summed E-state index contributed by atoms with van der Waals surface area (Å²) in [6, 6.07) is 0. The predicted octanol–water partition coefficient (Wildman–Crippen LogP) is 0.540. The van der Waals surface area contributed by atoms with E-state index in [9.17, 15) is 8.42 Å². The lowest BCUT2D eigenvalue weighted by Crippen LogP contribution is -2.33. The molecule has 1 aromatic heterocycles. The van der Waals surface area contributed by atoms with Gasteiger partial charge in [0.2, 0.25) is 10.0 Å². The Labute approximate surface area is 101 Å². The van der Waals surface area contributed by atoms with Crippen molar-refractivity contribution in [3.8, 4) is 0 Å². The summed E-state index contributed by atoms with van der Waals surface area (Å²) < 4.78 is 28.0. The molecule has 2 N–H and O–H groups in total. The summed E-state index contributed by atoms with van der Waals surface area (Å²) in [5.41, 5.74) is 0.896. The van der Waals surface area contributed by atoms with Crippen LogP contribution in [0.4, 0.5) is 0 Å². The first-order chi connectivity index (χ1) is 7.86. The summed E-state index contributed by atoms with van der Waals surface area (Å²) in [7, 11) is -3.69. The van der Waals surface area contributed by atoms with Crippen molar-refractivity contribution in [1.29, 1.82) is 0 Å². The number of primary sulfonamides is 1.